The first-order valence-corrected chi connectivity index (χ1v) is 5.53. The molecular formula is C10H13F3N4O. The Bertz CT molecular complexity index is 443. The first-order chi connectivity index (χ1) is 8.38. The Morgan fingerprint density at radius 3 is 2.83 bits per heavy atom. The molecule has 1 atom stereocenters. The second-order valence-corrected chi connectivity index (χ2v) is 4.27. The molecule has 2 heterocycles. The summed E-state index contributed by atoms with van der Waals surface area (Å²) in [6.45, 7) is 3.47. The Labute approximate surface area is 101 Å². The number of alkyl halides is 3. The number of carbonyl (C=O) groups excluding carboxylic acids is 1. The normalized spacial score (nSPS) is 21.1. The van der Waals surface area contributed by atoms with Gasteiger partial charge in [0, 0.05) is 31.7 Å². The molecule has 8 heteroatoms. The van der Waals surface area contributed by atoms with Gasteiger partial charge in [0.05, 0.1) is 0 Å². The van der Waals surface area contributed by atoms with Crippen LogP contribution in [-0.4, -0.2) is 46.7 Å². The maximum atomic E-state index is 12.4. The van der Waals surface area contributed by atoms with Crippen LogP contribution < -0.4 is 5.32 Å². The van der Waals surface area contributed by atoms with Crippen LogP contribution in [0.25, 0.3) is 0 Å². The van der Waals surface area contributed by atoms with Crippen LogP contribution in [0, 0.1) is 0 Å². The fourth-order valence-electron chi connectivity index (χ4n) is 1.86. The Hall–Kier alpha value is -1.57. The molecule has 1 fully saturated rings. The van der Waals surface area contributed by atoms with Crippen molar-refractivity contribution in [1.29, 1.82) is 0 Å². The van der Waals surface area contributed by atoms with Gasteiger partial charge in [-0.1, -0.05) is 0 Å². The molecule has 0 saturated carbocycles. The molecule has 2 rings (SSSR count). The van der Waals surface area contributed by atoms with Gasteiger partial charge < -0.3 is 10.2 Å². The molecule has 0 radical (unpaired) electrons. The summed E-state index contributed by atoms with van der Waals surface area (Å²) < 4.78 is 37.1. The van der Waals surface area contributed by atoms with Crippen molar-refractivity contribution in [2.45, 2.75) is 19.1 Å². The minimum absolute atomic E-state index is 0.128. The number of amides is 1. The summed E-state index contributed by atoms with van der Waals surface area (Å²) in [5.41, 5.74) is -1.20. The summed E-state index contributed by atoms with van der Waals surface area (Å²) >= 11 is 0. The number of piperazine rings is 1. The second kappa shape index (κ2) is 4.60. The Balaban J connectivity index is 2.11. The molecule has 0 spiro atoms. The van der Waals surface area contributed by atoms with Crippen LogP contribution in [-0.2, 0) is 6.18 Å². The third-order valence-corrected chi connectivity index (χ3v) is 2.76. The van der Waals surface area contributed by atoms with Crippen molar-refractivity contribution in [1.82, 2.24) is 20.4 Å². The van der Waals surface area contributed by atoms with Crippen LogP contribution in [0.3, 0.4) is 0 Å². The monoisotopic (exact) mass is 262 g/mol. The molecule has 18 heavy (non-hydrogen) atoms. The highest BCUT2D eigenvalue weighted by Gasteiger charge is 2.34. The van der Waals surface area contributed by atoms with Crippen LogP contribution in [0.5, 0.6) is 0 Å². The van der Waals surface area contributed by atoms with Gasteiger partial charge in [0.25, 0.3) is 5.91 Å². The molecule has 1 saturated heterocycles. The number of aromatic nitrogens is 2. The van der Waals surface area contributed by atoms with Crippen LogP contribution in [0.2, 0.25) is 0 Å². The summed E-state index contributed by atoms with van der Waals surface area (Å²) in [7, 11) is 0. The number of rotatable bonds is 1. The van der Waals surface area contributed by atoms with Crippen LogP contribution in [0.1, 0.15) is 23.1 Å². The highest BCUT2D eigenvalue weighted by Crippen LogP contribution is 2.27. The van der Waals surface area contributed by atoms with Gasteiger partial charge in [0.1, 0.15) is 5.69 Å². The van der Waals surface area contributed by atoms with Crippen molar-refractivity contribution in [2.75, 3.05) is 19.6 Å². The summed E-state index contributed by atoms with van der Waals surface area (Å²) in [6.07, 6.45) is -4.51. The lowest BCUT2D eigenvalue weighted by Crippen LogP contribution is -2.51. The smallest absolute Gasteiger partial charge is 0.334 e. The van der Waals surface area contributed by atoms with E-state index in [1.54, 1.807) is 0 Å². The molecule has 1 unspecified atom stereocenters. The van der Waals surface area contributed by atoms with Gasteiger partial charge in [-0.2, -0.15) is 18.3 Å². The average Bonchev–Trinajstić information content (AvgIpc) is 2.77. The molecule has 2 N–H and O–H groups in total. The maximum absolute atomic E-state index is 12.4. The van der Waals surface area contributed by atoms with Gasteiger partial charge in [-0.25, -0.2) is 0 Å². The molecule has 0 bridgehead atoms. The molecule has 1 aliphatic heterocycles. The third kappa shape index (κ3) is 2.63. The average molecular weight is 262 g/mol. The first kappa shape index (κ1) is 12.9. The van der Waals surface area contributed by atoms with E-state index in [2.05, 4.69) is 10.4 Å². The minimum atomic E-state index is -4.51. The fraction of sp³-hybridized carbons (Fsp3) is 0.600. The lowest BCUT2D eigenvalue weighted by atomic mass is 10.2. The van der Waals surface area contributed by atoms with Gasteiger partial charge in [-0.05, 0) is 6.92 Å². The number of carbonyl (C=O) groups is 1. The summed E-state index contributed by atoms with van der Waals surface area (Å²) in [4.78, 5) is 13.4. The molecule has 1 aromatic rings. The largest absolute Gasteiger partial charge is 0.432 e. The number of nitrogens with zero attached hydrogens (tertiary/aromatic N) is 2. The third-order valence-electron chi connectivity index (χ3n) is 2.76. The predicted octanol–water partition coefficient (Wildman–Crippen LogP) is 0.862. The zero-order valence-corrected chi connectivity index (χ0v) is 9.71. The Morgan fingerprint density at radius 2 is 2.28 bits per heavy atom. The van der Waals surface area contributed by atoms with Crippen molar-refractivity contribution < 1.29 is 18.0 Å². The predicted molar refractivity (Wildman–Crippen MR) is 57.0 cm³/mol. The van der Waals surface area contributed by atoms with Crippen LogP contribution in [0.15, 0.2) is 6.07 Å². The van der Waals surface area contributed by atoms with Gasteiger partial charge in [-0.15, -0.1) is 0 Å². The fourth-order valence-corrected chi connectivity index (χ4v) is 1.86. The SMILES string of the molecule is CC1CN(C(=O)c2cc(C(F)(F)F)[nH]n2)CCN1. The van der Waals surface area contributed by atoms with E-state index >= 15 is 0 Å². The van der Waals surface area contributed by atoms with E-state index < -0.39 is 17.8 Å². The zero-order valence-electron chi connectivity index (χ0n) is 9.71. The van der Waals surface area contributed by atoms with Crippen molar-refractivity contribution in [2.24, 2.45) is 0 Å². The summed E-state index contributed by atoms with van der Waals surface area (Å²) in [5, 5.41) is 8.41. The van der Waals surface area contributed by atoms with Crippen molar-refractivity contribution in [3.63, 3.8) is 0 Å². The van der Waals surface area contributed by atoms with E-state index in [4.69, 9.17) is 0 Å². The number of hydrogen-bond donors (Lipinski definition) is 2. The lowest BCUT2D eigenvalue weighted by Gasteiger charge is -2.31. The van der Waals surface area contributed by atoms with E-state index in [-0.39, 0.29) is 11.7 Å². The number of hydrogen-bond acceptors (Lipinski definition) is 3. The van der Waals surface area contributed by atoms with Crippen LogP contribution in [0.4, 0.5) is 13.2 Å². The second-order valence-electron chi connectivity index (χ2n) is 4.27. The molecule has 0 aliphatic carbocycles. The number of aromatic amines is 1. The molecule has 1 aromatic heterocycles. The quantitative estimate of drug-likeness (QED) is 0.789. The number of halogens is 3. The molecule has 5 nitrogen and oxygen atoms in total. The zero-order chi connectivity index (χ0) is 13.3. The van der Waals surface area contributed by atoms with E-state index in [0.29, 0.717) is 19.6 Å². The topological polar surface area (TPSA) is 61.0 Å². The van der Waals surface area contributed by atoms with Gasteiger partial charge in [0.15, 0.2) is 5.69 Å². The Kier molecular flexibility index (Phi) is 3.29. The van der Waals surface area contributed by atoms with E-state index in [1.807, 2.05) is 12.0 Å². The number of H-pyrrole nitrogens is 1. The maximum Gasteiger partial charge on any atom is 0.432 e. The molecular weight excluding hydrogens is 249 g/mol. The van der Waals surface area contributed by atoms with Gasteiger partial charge in [0.2, 0.25) is 0 Å². The highest BCUT2D eigenvalue weighted by molar-refractivity contribution is 5.92. The van der Waals surface area contributed by atoms with Crippen molar-refractivity contribution in [3.05, 3.63) is 17.5 Å². The first-order valence-electron chi connectivity index (χ1n) is 5.53. The van der Waals surface area contributed by atoms with Crippen molar-refractivity contribution >= 4 is 5.91 Å². The van der Waals surface area contributed by atoms with Crippen molar-refractivity contribution in [3.8, 4) is 0 Å². The Morgan fingerprint density at radius 1 is 1.56 bits per heavy atom. The van der Waals surface area contributed by atoms with Gasteiger partial charge in [-0.3, -0.25) is 9.89 Å². The summed E-state index contributed by atoms with van der Waals surface area (Å²) in [6, 6.07) is 0.874. The lowest BCUT2D eigenvalue weighted by molar-refractivity contribution is -0.141. The molecule has 1 aliphatic rings. The minimum Gasteiger partial charge on any atom is -0.334 e. The standard InChI is InChI=1S/C10H13F3N4O/c1-6-5-17(3-2-14-6)9(18)7-4-8(16-15-7)10(11,12)13/h4,6,14H,2-3,5H2,1H3,(H,15,16). The highest BCUT2D eigenvalue weighted by atomic mass is 19.4. The molecule has 0 aromatic carbocycles. The molecule has 100 valence electrons. The van der Waals surface area contributed by atoms with E-state index in [9.17, 15) is 18.0 Å². The molecule has 1 amide bonds. The summed E-state index contributed by atoms with van der Waals surface area (Å²) in [5.74, 6) is -0.477. The van der Waals surface area contributed by atoms with E-state index in [1.165, 1.54) is 4.90 Å². The van der Waals surface area contributed by atoms with Crippen LogP contribution >= 0.6 is 0 Å². The number of nitrogens with one attached hydrogen (secondary N) is 2. The van der Waals surface area contributed by atoms with Gasteiger partial charge >= 0.3 is 6.18 Å². The van der Waals surface area contributed by atoms with E-state index in [0.717, 1.165) is 6.07 Å².